The van der Waals surface area contributed by atoms with Crippen LogP contribution in [0.25, 0.3) is 0 Å². The van der Waals surface area contributed by atoms with Crippen LogP contribution < -0.4 is 5.32 Å². The van der Waals surface area contributed by atoms with E-state index in [1.54, 1.807) is 0 Å². The molecule has 14 heteroatoms. The van der Waals surface area contributed by atoms with E-state index in [0.717, 1.165) is 57.8 Å². The summed E-state index contributed by atoms with van der Waals surface area (Å²) in [7, 11) is 0. The second-order valence-corrected chi connectivity index (χ2v) is 22.2. The molecule has 2 aliphatic heterocycles. The van der Waals surface area contributed by atoms with E-state index in [0.29, 0.717) is 12.8 Å². The molecule has 0 aromatic carbocycles. The van der Waals surface area contributed by atoms with Gasteiger partial charge in [0.2, 0.25) is 5.91 Å². The largest absolute Gasteiger partial charge is 0.394 e. The van der Waals surface area contributed by atoms with Crippen LogP contribution in [-0.2, 0) is 23.7 Å². The van der Waals surface area contributed by atoms with Crippen LogP contribution in [0, 0.1) is 0 Å². The maximum atomic E-state index is 13.2. The number of rotatable bonds is 50. The second kappa shape index (κ2) is 47.3. The molecule has 12 atom stereocenters. The fourth-order valence-electron chi connectivity index (χ4n) is 10.4. The Labute approximate surface area is 456 Å². The highest BCUT2D eigenvalue weighted by molar-refractivity contribution is 5.76. The highest BCUT2D eigenvalue weighted by Crippen LogP contribution is 2.30. The van der Waals surface area contributed by atoms with E-state index in [1.165, 1.54) is 180 Å². The number of amides is 1. The Bertz CT molecular complexity index is 1350. The van der Waals surface area contributed by atoms with Gasteiger partial charge in [-0.15, -0.1) is 0 Å². The molecule has 0 radical (unpaired) electrons. The predicted octanol–water partition coefficient (Wildman–Crippen LogP) is 10.8. The minimum atomic E-state index is -1.78. The van der Waals surface area contributed by atoms with Gasteiger partial charge in [0.1, 0.15) is 48.8 Å². The minimum absolute atomic E-state index is 0.206. The van der Waals surface area contributed by atoms with Crippen molar-refractivity contribution in [3.05, 3.63) is 24.3 Å². The van der Waals surface area contributed by atoms with Crippen molar-refractivity contribution >= 4 is 5.91 Å². The molecule has 0 aromatic heterocycles. The highest BCUT2D eigenvalue weighted by Gasteiger charge is 2.51. The van der Waals surface area contributed by atoms with E-state index in [2.05, 4.69) is 43.5 Å². The monoisotopic (exact) mass is 1070 g/mol. The van der Waals surface area contributed by atoms with Crippen LogP contribution in [0.2, 0.25) is 0 Å². The van der Waals surface area contributed by atoms with E-state index in [9.17, 15) is 45.6 Å². The summed E-state index contributed by atoms with van der Waals surface area (Å²) in [5.74, 6) is -0.206. The molecule has 2 heterocycles. The molecule has 75 heavy (non-hydrogen) atoms. The summed E-state index contributed by atoms with van der Waals surface area (Å²) >= 11 is 0. The molecule has 442 valence electrons. The fraction of sp³-hybridized carbons (Fsp3) is 0.918. The zero-order valence-corrected chi connectivity index (χ0v) is 47.6. The third kappa shape index (κ3) is 33.0. The Morgan fingerprint density at radius 3 is 1.33 bits per heavy atom. The molecule has 2 aliphatic rings. The Hall–Kier alpha value is -1.53. The number of hydrogen-bond donors (Lipinski definition) is 9. The molecule has 2 saturated heterocycles. The number of carbonyl (C=O) groups is 1. The number of ether oxygens (including phenoxy) is 4. The van der Waals surface area contributed by atoms with Crippen molar-refractivity contribution < 1.29 is 64.6 Å². The third-order valence-corrected chi connectivity index (χ3v) is 15.4. The van der Waals surface area contributed by atoms with Crippen molar-refractivity contribution in [1.82, 2.24) is 5.32 Å². The van der Waals surface area contributed by atoms with E-state index < -0.39 is 86.8 Å². The van der Waals surface area contributed by atoms with Crippen molar-refractivity contribution in [3.63, 3.8) is 0 Å². The molecule has 0 aliphatic carbocycles. The van der Waals surface area contributed by atoms with Crippen LogP contribution in [-0.4, -0.2) is 140 Å². The lowest BCUT2D eigenvalue weighted by molar-refractivity contribution is -0.359. The summed E-state index contributed by atoms with van der Waals surface area (Å²) < 4.78 is 22.8. The van der Waals surface area contributed by atoms with Crippen LogP contribution in [0.15, 0.2) is 24.3 Å². The predicted molar refractivity (Wildman–Crippen MR) is 300 cm³/mol. The zero-order valence-electron chi connectivity index (χ0n) is 47.6. The van der Waals surface area contributed by atoms with E-state index >= 15 is 0 Å². The van der Waals surface area contributed by atoms with Crippen molar-refractivity contribution in [1.29, 1.82) is 0 Å². The first-order chi connectivity index (χ1) is 36.6. The average molecular weight is 1070 g/mol. The molecule has 12 unspecified atom stereocenters. The Balaban J connectivity index is 1.56. The molecule has 0 aromatic rings. The van der Waals surface area contributed by atoms with Gasteiger partial charge in [-0.3, -0.25) is 4.79 Å². The zero-order chi connectivity index (χ0) is 54.6. The summed E-state index contributed by atoms with van der Waals surface area (Å²) in [4.78, 5) is 13.2. The van der Waals surface area contributed by atoms with Gasteiger partial charge in [0, 0.05) is 6.42 Å². The lowest BCUT2D eigenvalue weighted by Gasteiger charge is -2.46. The van der Waals surface area contributed by atoms with Crippen LogP contribution in [0.1, 0.15) is 264 Å². The molecule has 0 saturated carbocycles. The first kappa shape index (κ1) is 69.6. The summed E-state index contributed by atoms with van der Waals surface area (Å²) in [6.07, 6.45) is 39.5. The number of allylic oxidation sites excluding steroid dienone is 4. The Morgan fingerprint density at radius 1 is 0.480 bits per heavy atom. The van der Waals surface area contributed by atoms with Crippen molar-refractivity contribution in [2.75, 3.05) is 19.8 Å². The van der Waals surface area contributed by atoms with Gasteiger partial charge in [0.25, 0.3) is 0 Å². The summed E-state index contributed by atoms with van der Waals surface area (Å²) in [5.41, 5.74) is 0. The first-order valence-electron chi connectivity index (χ1n) is 31.1. The van der Waals surface area contributed by atoms with Gasteiger partial charge in [-0.05, 0) is 44.9 Å². The number of hydrogen-bond acceptors (Lipinski definition) is 13. The first-order valence-corrected chi connectivity index (χ1v) is 31.1. The van der Waals surface area contributed by atoms with Crippen LogP contribution in [0.5, 0.6) is 0 Å². The topological polar surface area (TPSA) is 228 Å². The third-order valence-electron chi connectivity index (χ3n) is 15.4. The quantitative estimate of drug-likeness (QED) is 0.0204. The molecule has 2 fully saturated rings. The molecule has 0 bridgehead atoms. The number of aliphatic hydroxyl groups is 8. The van der Waals surface area contributed by atoms with Gasteiger partial charge in [-0.25, -0.2) is 0 Å². The van der Waals surface area contributed by atoms with Crippen molar-refractivity contribution in [3.8, 4) is 0 Å². The van der Waals surface area contributed by atoms with Gasteiger partial charge >= 0.3 is 0 Å². The molecule has 0 spiro atoms. The van der Waals surface area contributed by atoms with Crippen molar-refractivity contribution in [2.45, 2.75) is 338 Å². The van der Waals surface area contributed by atoms with Crippen LogP contribution in [0.3, 0.4) is 0 Å². The SMILES string of the molecule is CCCCCCC/C=C\C/C=C\CCCCCCCCCCCCCCCCCCCCCCCC(=O)NC(COC1OC(CO)C(OC2OC(CO)C(O)C(O)C2O)C(O)C1O)C(O)CCCCCCCCCC. The fourth-order valence-corrected chi connectivity index (χ4v) is 10.4. The number of unbranched alkanes of at least 4 members (excludes halogenated alkanes) is 33. The molecule has 2 rings (SSSR count). The van der Waals surface area contributed by atoms with E-state index in [1.807, 2.05) is 0 Å². The Kier molecular flexibility index (Phi) is 43.9. The summed E-state index contributed by atoms with van der Waals surface area (Å²) in [5, 5.41) is 86.9. The minimum Gasteiger partial charge on any atom is -0.394 e. The van der Waals surface area contributed by atoms with E-state index in [4.69, 9.17) is 18.9 Å². The lowest BCUT2D eigenvalue weighted by atomic mass is 9.97. The van der Waals surface area contributed by atoms with E-state index in [-0.39, 0.29) is 12.5 Å². The van der Waals surface area contributed by atoms with Crippen LogP contribution in [0.4, 0.5) is 0 Å². The molecular weight excluding hydrogens is 955 g/mol. The molecule has 9 N–H and O–H groups in total. The smallest absolute Gasteiger partial charge is 0.220 e. The summed E-state index contributed by atoms with van der Waals surface area (Å²) in [6.45, 7) is 2.82. The number of carbonyl (C=O) groups excluding carboxylic acids is 1. The Morgan fingerprint density at radius 2 is 0.880 bits per heavy atom. The maximum absolute atomic E-state index is 13.2. The number of aliphatic hydroxyl groups excluding tert-OH is 8. The lowest BCUT2D eigenvalue weighted by Crippen LogP contribution is -2.65. The summed E-state index contributed by atoms with van der Waals surface area (Å²) in [6, 6.07) is -0.823. The van der Waals surface area contributed by atoms with Crippen molar-refractivity contribution in [2.24, 2.45) is 0 Å². The normalized spacial score (nSPS) is 25.1. The molecule has 1 amide bonds. The van der Waals surface area contributed by atoms with Gasteiger partial charge in [0.05, 0.1) is 32.0 Å². The number of nitrogens with one attached hydrogen (secondary N) is 1. The second-order valence-electron chi connectivity index (χ2n) is 22.2. The maximum Gasteiger partial charge on any atom is 0.220 e. The molecule has 14 nitrogen and oxygen atoms in total. The van der Waals surface area contributed by atoms with Gasteiger partial charge < -0.3 is 65.1 Å². The average Bonchev–Trinajstić information content (AvgIpc) is 3.41. The van der Waals surface area contributed by atoms with Gasteiger partial charge in [-0.1, -0.05) is 237 Å². The molecular formula is C61H115NO13. The van der Waals surface area contributed by atoms with Gasteiger partial charge in [0.15, 0.2) is 12.6 Å². The highest BCUT2D eigenvalue weighted by atomic mass is 16.7. The standard InChI is InChI=1S/C61H115NO13/c1-3-5-7-9-11-13-14-15-16-17-18-19-20-21-22-23-24-25-26-27-28-29-30-31-32-33-34-35-36-37-39-41-43-45-53(66)62-49(50(65)44-42-40-38-12-10-8-6-4-2)48-72-60-58(71)56(69)59(52(47-64)74-60)75-61-57(70)55(68)54(67)51(46-63)73-61/h14-15,17-18,49-52,54-61,63-65,67-71H,3-13,16,19-48H2,1-2H3,(H,62,66)/b15-14-,18-17-. The van der Waals surface area contributed by atoms with Crippen LogP contribution >= 0.6 is 0 Å². The van der Waals surface area contributed by atoms with Gasteiger partial charge in [-0.2, -0.15) is 0 Å².